The van der Waals surface area contributed by atoms with Gasteiger partial charge in [-0.25, -0.2) is 13.1 Å². The molecule has 3 rings (SSSR count). The number of carbonyl (C=O) groups excluding carboxylic acids is 1. The highest BCUT2D eigenvalue weighted by Gasteiger charge is 2.25. The largest absolute Gasteiger partial charge is 0.348 e. The molecule has 1 saturated heterocycles. The summed E-state index contributed by atoms with van der Waals surface area (Å²) in [4.78, 5) is 12.7. The van der Waals surface area contributed by atoms with Crippen LogP contribution in [0.2, 0.25) is 0 Å². The van der Waals surface area contributed by atoms with Crippen LogP contribution in [-0.2, 0) is 10.0 Å². The van der Waals surface area contributed by atoms with Crippen LogP contribution in [0, 0.1) is 5.92 Å². The minimum atomic E-state index is -3.59. The van der Waals surface area contributed by atoms with Gasteiger partial charge in [0.2, 0.25) is 10.0 Å². The Morgan fingerprint density at radius 2 is 1.92 bits per heavy atom. The molecule has 1 aliphatic carbocycles. The van der Waals surface area contributed by atoms with Gasteiger partial charge in [-0.1, -0.05) is 25.8 Å². The molecular weight excluding hydrogens is 374 g/mol. The van der Waals surface area contributed by atoms with Crippen LogP contribution in [0.25, 0.3) is 0 Å². The first-order chi connectivity index (χ1) is 12.0. The lowest BCUT2D eigenvalue weighted by Gasteiger charge is -2.30. The predicted octanol–water partition coefficient (Wildman–Crippen LogP) is 2.06. The monoisotopic (exact) mass is 401 g/mol. The third kappa shape index (κ3) is 5.19. The lowest BCUT2D eigenvalue weighted by atomic mass is 9.94. The molecule has 3 N–H and O–H groups in total. The first-order valence-corrected chi connectivity index (χ1v) is 10.6. The fourth-order valence-electron chi connectivity index (χ4n) is 3.57. The Labute approximate surface area is 162 Å². The highest BCUT2D eigenvalue weighted by atomic mass is 35.5. The number of piperidine rings is 1. The highest BCUT2D eigenvalue weighted by molar-refractivity contribution is 7.89. The van der Waals surface area contributed by atoms with Crippen molar-refractivity contribution in [2.24, 2.45) is 5.92 Å². The van der Waals surface area contributed by atoms with Crippen LogP contribution >= 0.6 is 12.4 Å². The normalized spacial score (nSPS) is 24.0. The average Bonchev–Trinajstić information content (AvgIpc) is 3.09. The van der Waals surface area contributed by atoms with Gasteiger partial charge in [-0.2, -0.15) is 0 Å². The Morgan fingerprint density at radius 3 is 2.62 bits per heavy atom. The molecule has 0 spiro atoms. The van der Waals surface area contributed by atoms with Crippen LogP contribution in [0.15, 0.2) is 29.2 Å². The third-order valence-corrected chi connectivity index (χ3v) is 6.75. The Bertz CT molecular complexity index is 720. The number of nitrogens with one attached hydrogen (secondary N) is 3. The summed E-state index contributed by atoms with van der Waals surface area (Å²) in [6.07, 6.45) is 4.90. The molecule has 1 aliphatic heterocycles. The lowest BCUT2D eigenvalue weighted by Crippen LogP contribution is -2.50. The minimum Gasteiger partial charge on any atom is -0.348 e. The van der Waals surface area contributed by atoms with Gasteiger partial charge in [0.15, 0.2) is 0 Å². The van der Waals surface area contributed by atoms with E-state index in [1.165, 1.54) is 6.07 Å². The van der Waals surface area contributed by atoms with Crippen LogP contribution in [0.4, 0.5) is 0 Å². The van der Waals surface area contributed by atoms with Crippen molar-refractivity contribution in [2.75, 3.05) is 13.1 Å². The fraction of sp³-hybridized carbons (Fsp3) is 0.611. The summed E-state index contributed by atoms with van der Waals surface area (Å²) in [7, 11) is -3.59. The second-order valence-corrected chi connectivity index (χ2v) is 8.89. The van der Waals surface area contributed by atoms with Crippen molar-refractivity contribution in [3.05, 3.63) is 29.8 Å². The summed E-state index contributed by atoms with van der Waals surface area (Å²) in [5, 5.41) is 6.30. The molecule has 26 heavy (non-hydrogen) atoms. The number of halogens is 1. The molecule has 1 aromatic carbocycles. The Morgan fingerprint density at radius 1 is 1.19 bits per heavy atom. The maximum absolute atomic E-state index is 12.6. The van der Waals surface area contributed by atoms with Crippen molar-refractivity contribution in [1.82, 2.24) is 15.4 Å². The van der Waals surface area contributed by atoms with Gasteiger partial charge in [0.25, 0.3) is 5.91 Å². The number of rotatable bonds is 5. The zero-order valence-electron chi connectivity index (χ0n) is 15.0. The fourth-order valence-corrected chi connectivity index (χ4v) is 4.92. The van der Waals surface area contributed by atoms with Gasteiger partial charge in [-0.05, 0) is 49.9 Å². The van der Waals surface area contributed by atoms with E-state index in [9.17, 15) is 13.2 Å². The van der Waals surface area contributed by atoms with E-state index in [2.05, 4.69) is 22.3 Å². The smallest absolute Gasteiger partial charge is 0.251 e. The van der Waals surface area contributed by atoms with E-state index in [1.54, 1.807) is 18.2 Å². The molecule has 1 amide bonds. The molecule has 0 bridgehead atoms. The van der Waals surface area contributed by atoms with E-state index < -0.39 is 10.0 Å². The number of benzene rings is 1. The molecule has 2 fully saturated rings. The topological polar surface area (TPSA) is 87.3 Å². The molecule has 146 valence electrons. The maximum Gasteiger partial charge on any atom is 0.251 e. The predicted molar refractivity (Wildman–Crippen MR) is 104 cm³/mol. The summed E-state index contributed by atoms with van der Waals surface area (Å²) in [6.45, 7) is 3.83. The summed E-state index contributed by atoms with van der Waals surface area (Å²) < 4.78 is 27.9. The van der Waals surface area contributed by atoms with Crippen LogP contribution < -0.4 is 15.4 Å². The summed E-state index contributed by atoms with van der Waals surface area (Å²) in [6, 6.07) is 6.37. The quantitative estimate of drug-likeness (QED) is 0.704. The summed E-state index contributed by atoms with van der Waals surface area (Å²) in [5.74, 6) is 0.180. The SMILES string of the molecule is CC1CCNCC1NC(=O)c1cccc(S(=O)(=O)NC2CCCC2)c1.Cl. The molecular formula is C18H28ClN3O3S. The number of amides is 1. The van der Waals surface area contributed by atoms with Crippen LogP contribution in [0.5, 0.6) is 0 Å². The van der Waals surface area contributed by atoms with Crippen molar-refractivity contribution >= 4 is 28.3 Å². The van der Waals surface area contributed by atoms with Gasteiger partial charge in [0, 0.05) is 24.2 Å². The molecule has 1 heterocycles. The number of hydrogen-bond acceptors (Lipinski definition) is 4. The van der Waals surface area contributed by atoms with Crippen LogP contribution in [0.1, 0.15) is 49.4 Å². The summed E-state index contributed by atoms with van der Waals surface area (Å²) in [5.41, 5.74) is 0.382. The standard InChI is InChI=1S/C18H27N3O3S.ClH/c1-13-9-10-19-12-17(13)20-18(22)14-5-4-8-16(11-14)25(23,24)21-15-6-2-3-7-15;/h4-5,8,11,13,15,17,19,21H,2-3,6-7,9-10,12H2,1H3,(H,20,22);1H. The zero-order chi connectivity index (χ0) is 17.9. The van der Waals surface area contributed by atoms with Crippen molar-refractivity contribution in [2.45, 2.75) is 56.0 Å². The van der Waals surface area contributed by atoms with Crippen molar-refractivity contribution in [3.63, 3.8) is 0 Å². The van der Waals surface area contributed by atoms with E-state index in [0.717, 1.165) is 45.2 Å². The lowest BCUT2D eigenvalue weighted by molar-refractivity contribution is 0.0915. The van der Waals surface area contributed by atoms with E-state index >= 15 is 0 Å². The molecule has 1 saturated carbocycles. The Hall–Kier alpha value is -1.15. The van der Waals surface area contributed by atoms with Crippen LogP contribution in [0.3, 0.4) is 0 Å². The van der Waals surface area contributed by atoms with Crippen molar-refractivity contribution in [3.8, 4) is 0 Å². The van der Waals surface area contributed by atoms with Crippen LogP contribution in [-0.4, -0.2) is 39.5 Å². The number of carbonyl (C=O) groups is 1. The first-order valence-electron chi connectivity index (χ1n) is 9.10. The zero-order valence-corrected chi connectivity index (χ0v) is 16.7. The van der Waals surface area contributed by atoms with Crippen molar-refractivity contribution < 1.29 is 13.2 Å². The molecule has 2 aliphatic rings. The van der Waals surface area contributed by atoms with Gasteiger partial charge >= 0.3 is 0 Å². The first kappa shape index (κ1) is 21.2. The van der Waals surface area contributed by atoms with Gasteiger partial charge in [0.1, 0.15) is 0 Å². The number of hydrogen-bond donors (Lipinski definition) is 3. The summed E-state index contributed by atoms with van der Waals surface area (Å²) >= 11 is 0. The van der Waals surface area contributed by atoms with E-state index in [0.29, 0.717) is 11.5 Å². The van der Waals surface area contributed by atoms with E-state index in [-0.39, 0.29) is 35.3 Å². The second-order valence-electron chi connectivity index (χ2n) is 7.18. The van der Waals surface area contributed by atoms with Crippen molar-refractivity contribution in [1.29, 1.82) is 0 Å². The number of sulfonamides is 1. The Kier molecular flexibility index (Phi) is 7.46. The highest BCUT2D eigenvalue weighted by Crippen LogP contribution is 2.21. The second kappa shape index (κ2) is 9.17. The molecule has 2 unspecified atom stereocenters. The van der Waals surface area contributed by atoms with Gasteiger partial charge in [-0.15, -0.1) is 12.4 Å². The average molecular weight is 402 g/mol. The molecule has 2 atom stereocenters. The minimum absolute atomic E-state index is 0. The molecule has 0 radical (unpaired) electrons. The van der Waals surface area contributed by atoms with Gasteiger partial charge in [-0.3, -0.25) is 4.79 Å². The Balaban J connectivity index is 0.00000243. The van der Waals surface area contributed by atoms with E-state index in [4.69, 9.17) is 0 Å². The molecule has 8 heteroatoms. The molecule has 1 aromatic rings. The third-order valence-electron chi connectivity index (χ3n) is 5.23. The van der Waals surface area contributed by atoms with Gasteiger partial charge in [0.05, 0.1) is 4.90 Å². The maximum atomic E-state index is 12.6. The van der Waals surface area contributed by atoms with E-state index in [1.807, 2.05) is 0 Å². The van der Waals surface area contributed by atoms with Gasteiger partial charge < -0.3 is 10.6 Å². The molecule has 6 nitrogen and oxygen atoms in total. The molecule has 0 aromatic heterocycles.